The standard InChI is InChI=1S/C29H34F2N2O5/c1-20(10-11-21-12-14-22(15-13-21)29(32)36)33(16-23(34)18-37-27-8-4-2-6-25(27)30)17-24(35)19-38-28-9-5-3-7-26(28)31/h2-9,12-15,20,23-24,34-35H,10-11,16-19H2,1H3,(H2,32,36)/t20-,23+,24+/m1/s1. The van der Waals surface area contributed by atoms with E-state index in [2.05, 4.69) is 0 Å². The molecule has 0 saturated heterocycles. The molecule has 38 heavy (non-hydrogen) atoms. The molecule has 3 atom stereocenters. The van der Waals surface area contributed by atoms with Crippen molar-refractivity contribution in [2.75, 3.05) is 26.3 Å². The number of nitrogens with two attached hydrogens (primary N) is 1. The van der Waals surface area contributed by atoms with Crippen molar-refractivity contribution in [1.82, 2.24) is 4.90 Å². The van der Waals surface area contributed by atoms with E-state index < -0.39 is 29.7 Å². The van der Waals surface area contributed by atoms with Crippen LogP contribution in [0.25, 0.3) is 0 Å². The van der Waals surface area contributed by atoms with Crippen LogP contribution < -0.4 is 15.2 Å². The number of carbonyl (C=O) groups excluding carboxylic acids is 1. The van der Waals surface area contributed by atoms with Crippen LogP contribution in [0.2, 0.25) is 0 Å². The first-order chi connectivity index (χ1) is 18.2. The number of rotatable bonds is 15. The predicted octanol–water partition coefficient (Wildman–Crippen LogP) is 3.57. The number of aliphatic hydroxyl groups excluding tert-OH is 2. The number of halogens is 2. The zero-order valence-electron chi connectivity index (χ0n) is 21.3. The van der Waals surface area contributed by atoms with Crippen molar-refractivity contribution in [1.29, 1.82) is 0 Å². The second-order valence-electron chi connectivity index (χ2n) is 9.19. The van der Waals surface area contributed by atoms with Gasteiger partial charge >= 0.3 is 0 Å². The van der Waals surface area contributed by atoms with Gasteiger partial charge < -0.3 is 25.4 Å². The summed E-state index contributed by atoms with van der Waals surface area (Å²) in [5.41, 5.74) is 6.74. The van der Waals surface area contributed by atoms with E-state index in [0.717, 1.165) is 5.56 Å². The Kier molecular flexibility index (Phi) is 11.0. The van der Waals surface area contributed by atoms with Gasteiger partial charge in [0.25, 0.3) is 0 Å². The van der Waals surface area contributed by atoms with Gasteiger partial charge in [0.1, 0.15) is 25.4 Å². The minimum atomic E-state index is -0.966. The average Bonchev–Trinajstić information content (AvgIpc) is 2.90. The molecule has 3 aromatic carbocycles. The van der Waals surface area contributed by atoms with Crippen molar-refractivity contribution < 1.29 is 33.3 Å². The first-order valence-electron chi connectivity index (χ1n) is 12.5. The minimum absolute atomic E-state index is 0.0453. The van der Waals surface area contributed by atoms with Crippen molar-refractivity contribution in [2.45, 2.75) is 38.0 Å². The Morgan fingerprint density at radius 1 is 0.842 bits per heavy atom. The maximum Gasteiger partial charge on any atom is 0.248 e. The summed E-state index contributed by atoms with van der Waals surface area (Å²) in [5, 5.41) is 21.3. The van der Waals surface area contributed by atoms with Crippen LogP contribution in [0.15, 0.2) is 72.8 Å². The third-order valence-corrected chi connectivity index (χ3v) is 6.14. The topological polar surface area (TPSA) is 105 Å². The maximum absolute atomic E-state index is 13.9. The molecule has 0 spiro atoms. The molecule has 0 unspecified atom stereocenters. The summed E-state index contributed by atoms with van der Waals surface area (Å²) in [6, 6.07) is 18.8. The molecule has 0 saturated carbocycles. The number of aliphatic hydroxyl groups is 2. The minimum Gasteiger partial charge on any atom is -0.488 e. The molecule has 0 heterocycles. The van der Waals surface area contributed by atoms with Gasteiger partial charge in [-0.15, -0.1) is 0 Å². The van der Waals surface area contributed by atoms with Gasteiger partial charge in [0, 0.05) is 24.7 Å². The molecule has 3 aromatic rings. The highest BCUT2D eigenvalue weighted by Gasteiger charge is 2.22. The maximum atomic E-state index is 13.9. The Balaban J connectivity index is 1.60. The largest absolute Gasteiger partial charge is 0.488 e. The number of hydrogen-bond acceptors (Lipinski definition) is 6. The average molecular weight is 529 g/mol. The molecule has 0 aromatic heterocycles. The van der Waals surface area contributed by atoms with Gasteiger partial charge in [-0.05, 0) is 61.7 Å². The van der Waals surface area contributed by atoms with E-state index in [1.807, 2.05) is 24.0 Å². The van der Waals surface area contributed by atoms with Crippen molar-refractivity contribution in [3.63, 3.8) is 0 Å². The van der Waals surface area contributed by atoms with E-state index >= 15 is 0 Å². The Morgan fingerprint density at radius 2 is 1.32 bits per heavy atom. The summed E-state index contributed by atoms with van der Waals surface area (Å²) >= 11 is 0. The Labute approximate surface area is 221 Å². The van der Waals surface area contributed by atoms with E-state index in [-0.39, 0.29) is 43.8 Å². The Bertz CT molecular complexity index is 1100. The SMILES string of the molecule is C[C@H](CCc1ccc(C(N)=O)cc1)N(C[C@H](O)COc1ccccc1F)C[C@H](O)COc1ccccc1F. The summed E-state index contributed by atoms with van der Waals surface area (Å²) in [5.74, 6) is -1.44. The summed E-state index contributed by atoms with van der Waals surface area (Å²) in [6.45, 7) is 1.98. The van der Waals surface area contributed by atoms with E-state index in [9.17, 15) is 23.8 Å². The zero-order chi connectivity index (χ0) is 27.5. The molecule has 0 radical (unpaired) electrons. The van der Waals surface area contributed by atoms with Gasteiger partial charge in [-0.25, -0.2) is 8.78 Å². The molecule has 0 aliphatic rings. The van der Waals surface area contributed by atoms with Crippen molar-refractivity contribution in [3.05, 3.63) is 95.6 Å². The Morgan fingerprint density at radius 3 is 1.76 bits per heavy atom. The number of hydrogen-bond donors (Lipinski definition) is 3. The fraction of sp³-hybridized carbons (Fsp3) is 0.345. The molecule has 3 rings (SSSR count). The molecule has 7 nitrogen and oxygen atoms in total. The summed E-state index contributed by atoms with van der Waals surface area (Å²) in [4.78, 5) is 13.2. The number of amides is 1. The van der Waals surface area contributed by atoms with Gasteiger partial charge in [0.2, 0.25) is 5.91 Å². The molecule has 0 bridgehead atoms. The monoisotopic (exact) mass is 528 g/mol. The number of benzene rings is 3. The van der Waals surface area contributed by atoms with Crippen LogP contribution in [0.1, 0.15) is 29.3 Å². The van der Waals surface area contributed by atoms with Crippen molar-refractivity contribution >= 4 is 5.91 Å². The first kappa shape index (κ1) is 29.0. The fourth-order valence-electron chi connectivity index (χ4n) is 3.97. The van der Waals surface area contributed by atoms with Crippen LogP contribution in [-0.4, -0.2) is 65.6 Å². The molecule has 0 aliphatic heterocycles. The highest BCUT2D eigenvalue weighted by atomic mass is 19.1. The molecule has 204 valence electrons. The molecular formula is C29H34F2N2O5. The lowest BCUT2D eigenvalue weighted by Gasteiger charge is -2.32. The summed E-state index contributed by atoms with van der Waals surface area (Å²) < 4.78 is 38.6. The molecule has 4 N–H and O–H groups in total. The predicted molar refractivity (Wildman–Crippen MR) is 140 cm³/mol. The number of nitrogens with zero attached hydrogens (tertiary/aromatic N) is 1. The number of para-hydroxylation sites is 2. The van der Waals surface area contributed by atoms with Gasteiger partial charge in [-0.2, -0.15) is 0 Å². The lowest BCUT2D eigenvalue weighted by atomic mass is 10.0. The molecule has 0 aliphatic carbocycles. The third-order valence-electron chi connectivity index (χ3n) is 6.14. The number of carbonyl (C=O) groups is 1. The molecule has 9 heteroatoms. The highest BCUT2D eigenvalue weighted by molar-refractivity contribution is 5.92. The smallest absolute Gasteiger partial charge is 0.248 e. The van der Waals surface area contributed by atoms with E-state index in [4.69, 9.17) is 15.2 Å². The second-order valence-corrected chi connectivity index (χ2v) is 9.19. The van der Waals surface area contributed by atoms with Gasteiger partial charge in [-0.1, -0.05) is 36.4 Å². The van der Waals surface area contributed by atoms with E-state index in [0.29, 0.717) is 18.4 Å². The number of ether oxygens (including phenoxy) is 2. The van der Waals surface area contributed by atoms with Crippen molar-refractivity contribution in [2.24, 2.45) is 5.73 Å². The van der Waals surface area contributed by atoms with E-state index in [1.165, 1.54) is 24.3 Å². The second kappa shape index (κ2) is 14.4. The van der Waals surface area contributed by atoms with Crippen LogP contribution in [0.5, 0.6) is 11.5 Å². The molecular weight excluding hydrogens is 494 g/mol. The third kappa shape index (κ3) is 9.09. The zero-order valence-corrected chi connectivity index (χ0v) is 21.3. The van der Waals surface area contributed by atoms with Crippen LogP contribution in [0.4, 0.5) is 8.78 Å². The van der Waals surface area contributed by atoms with Crippen LogP contribution >= 0.6 is 0 Å². The van der Waals surface area contributed by atoms with Gasteiger partial charge in [0.05, 0.1) is 0 Å². The lowest BCUT2D eigenvalue weighted by Crippen LogP contribution is -2.46. The quantitative estimate of drug-likeness (QED) is 0.279. The molecule has 1 amide bonds. The first-order valence-corrected chi connectivity index (χ1v) is 12.5. The summed E-state index contributed by atoms with van der Waals surface area (Å²) in [6.07, 6.45) is -0.573. The van der Waals surface area contributed by atoms with Crippen LogP contribution in [-0.2, 0) is 6.42 Å². The highest BCUT2D eigenvalue weighted by Crippen LogP contribution is 2.18. The fourth-order valence-corrected chi connectivity index (χ4v) is 3.97. The Hall–Kier alpha value is -3.53. The van der Waals surface area contributed by atoms with E-state index in [1.54, 1.807) is 36.4 Å². The van der Waals surface area contributed by atoms with Gasteiger partial charge in [0.15, 0.2) is 23.1 Å². The molecule has 0 fully saturated rings. The summed E-state index contributed by atoms with van der Waals surface area (Å²) in [7, 11) is 0. The normalized spacial score (nSPS) is 13.6. The van der Waals surface area contributed by atoms with Gasteiger partial charge in [-0.3, -0.25) is 9.69 Å². The number of primary amides is 1. The number of aryl methyl sites for hydroxylation is 1. The lowest BCUT2D eigenvalue weighted by molar-refractivity contribution is 0.0145. The van der Waals surface area contributed by atoms with Crippen molar-refractivity contribution in [3.8, 4) is 11.5 Å². The van der Waals surface area contributed by atoms with Crippen LogP contribution in [0, 0.1) is 11.6 Å². The van der Waals surface area contributed by atoms with Crippen LogP contribution in [0.3, 0.4) is 0 Å².